The van der Waals surface area contributed by atoms with E-state index in [0.717, 1.165) is 26.7 Å². The van der Waals surface area contributed by atoms with Crippen LogP contribution in [-0.2, 0) is 17.8 Å². The van der Waals surface area contributed by atoms with Crippen LogP contribution in [0.3, 0.4) is 0 Å². The molecule has 0 aliphatic heterocycles. The molecular formula is C19H16N2O3S. The summed E-state index contributed by atoms with van der Waals surface area (Å²) in [5, 5.41) is 3.71. The van der Waals surface area contributed by atoms with Gasteiger partial charge in [0.25, 0.3) is 0 Å². The van der Waals surface area contributed by atoms with Gasteiger partial charge in [0, 0.05) is 12.8 Å². The van der Waals surface area contributed by atoms with Crippen LogP contribution in [0.2, 0.25) is 0 Å². The molecule has 3 aromatic heterocycles. The molecule has 0 bridgehead atoms. The molecule has 4 aromatic rings. The van der Waals surface area contributed by atoms with Gasteiger partial charge in [-0.2, -0.15) is 0 Å². The minimum absolute atomic E-state index is 0.0330. The quantitative estimate of drug-likeness (QED) is 0.558. The minimum atomic E-state index is -0.0330. The summed E-state index contributed by atoms with van der Waals surface area (Å²) < 4.78 is 12.2. The van der Waals surface area contributed by atoms with Gasteiger partial charge in [-0.3, -0.25) is 4.79 Å². The molecule has 0 radical (unpaired) electrons. The van der Waals surface area contributed by atoms with E-state index >= 15 is 0 Å². The zero-order chi connectivity index (χ0) is 17.1. The topological polar surface area (TPSA) is 68.3 Å². The molecule has 25 heavy (non-hydrogen) atoms. The lowest BCUT2D eigenvalue weighted by Gasteiger charge is -2.02. The summed E-state index contributed by atoms with van der Waals surface area (Å²) in [5.41, 5.74) is 0.965. The van der Waals surface area contributed by atoms with Gasteiger partial charge in [-0.15, -0.1) is 11.3 Å². The summed E-state index contributed by atoms with van der Waals surface area (Å²) in [4.78, 5) is 16.5. The normalized spacial score (nSPS) is 11.0. The summed E-state index contributed by atoms with van der Waals surface area (Å²) in [6.45, 7) is 0.363. The average molecular weight is 352 g/mol. The second-order valence-electron chi connectivity index (χ2n) is 5.61. The molecule has 0 atom stereocenters. The first-order valence-corrected chi connectivity index (χ1v) is 8.83. The first-order chi connectivity index (χ1) is 12.3. The standard InChI is InChI=1S/C19H16N2O3S/c22-18(10-8-13-4-3-11-23-13)20-12-14-7-9-16(24-14)19-21-15-5-1-2-6-17(15)25-19/h1-7,9,11H,8,10,12H2,(H,20,22). The number of thiazole rings is 1. The molecule has 3 heterocycles. The van der Waals surface area contributed by atoms with Gasteiger partial charge in [-0.25, -0.2) is 4.98 Å². The fourth-order valence-electron chi connectivity index (χ4n) is 2.53. The Kier molecular flexibility index (Phi) is 4.35. The van der Waals surface area contributed by atoms with Crippen LogP contribution in [0, 0.1) is 0 Å². The van der Waals surface area contributed by atoms with E-state index in [0.29, 0.717) is 25.1 Å². The Bertz CT molecular complexity index is 952. The number of fused-ring (bicyclic) bond motifs is 1. The highest BCUT2D eigenvalue weighted by Crippen LogP contribution is 2.31. The monoisotopic (exact) mass is 352 g/mol. The van der Waals surface area contributed by atoms with Crippen molar-refractivity contribution in [2.24, 2.45) is 0 Å². The van der Waals surface area contributed by atoms with Crippen LogP contribution in [0.25, 0.3) is 21.0 Å². The Morgan fingerprint density at radius 2 is 2.00 bits per heavy atom. The maximum absolute atomic E-state index is 11.9. The van der Waals surface area contributed by atoms with E-state index in [1.54, 1.807) is 17.6 Å². The molecule has 0 unspecified atom stereocenters. The van der Waals surface area contributed by atoms with Gasteiger partial charge in [-0.1, -0.05) is 12.1 Å². The Morgan fingerprint density at radius 3 is 2.84 bits per heavy atom. The van der Waals surface area contributed by atoms with Crippen LogP contribution in [-0.4, -0.2) is 10.9 Å². The smallest absolute Gasteiger partial charge is 0.220 e. The molecule has 0 saturated heterocycles. The molecule has 1 N–H and O–H groups in total. The second-order valence-corrected chi connectivity index (χ2v) is 6.64. The van der Waals surface area contributed by atoms with Crippen LogP contribution < -0.4 is 5.32 Å². The van der Waals surface area contributed by atoms with E-state index < -0.39 is 0 Å². The third kappa shape index (κ3) is 3.64. The number of benzene rings is 1. The third-order valence-corrected chi connectivity index (χ3v) is 4.86. The minimum Gasteiger partial charge on any atom is -0.469 e. The molecule has 0 aliphatic rings. The first kappa shape index (κ1) is 15.7. The number of hydrogen-bond acceptors (Lipinski definition) is 5. The highest BCUT2D eigenvalue weighted by atomic mass is 32.1. The van der Waals surface area contributed by atoms with Crippen molar-refractivity contribution in [2.75, 3.05) is 0 Å². The summed E-state index contributed by atoms with van der Waals surface area (Å²) in [6.07, 6.45) is 2.59. The van der Waals surface area contributed by atoms with Gasteiger partial charge in [0.2, 0.25) is 5.91 Å². The van der Waals surface area contributed by atoms with Crippen molar-refractivity contribution >= 4 is 27.5 Å². The number of para-hydroxylation sites is 1. The number of aryl methyl sites for hydroxylation is 1. The number of carbonyl (C=O) groups excluding carboxylic acids is 1. The fraction of sp³-hybridized carbons (Fsp3) is 0.158. The maximum Gasteiger partial charge on any atom is 0.220 e. The Morgan fingerprint density at radius 1 is 1.08 bits per heavy atom. The lowest BCUT2D eigenvalue weighted by atomic mass is 10.2. The second kappa shape index (κ2) is 6.94. The molecule has 0 saturated carbocycles. The summed E-state index contributed by atoms with van der Waals surface area (Å²) in [6, 6.07) is 15.4. The zero-order valence-electron chi connectivity index (χ0n) is 13.4. The van der Waals surface area contributed by atoms with Crippen molar-refractivity contribution in [1.82, 2.24) is 10.3 Å². The van der Waals surface area contributed by atoms with Gasteiger partial charge in [0.1, 0.15) is 11.5 Å². The molecule has 4 rings (SSSR count). The highest BCUT2D eigenvalue weighted by Gasteiger charge is 2.11. The molecule has 0 spiro atoms. The number of hydrogen-bond donors (Lipinski definition) is 1. The molecule has 126 valence electrons. The fourth-order valence-corrected chi connectivity index (χ4v) is 3.46. The number of nitrogens with one attached hydrogen (secondary N) is 1. The first-order valence-electron chi connectivity index (χ1n) is 8.02. The summed E-state index contributed by atoms with van der Waals surface area (Å²) in [7, 11) is 0. The van der Waals surface area contributed by atoms with Crippen LogP contribution in [0.1, 0.15) is 17.9 Å². The van der Waals surface area contributed by atoms with Gasteiger partial charge >= 0.3 is 0 Å². The van der Waals surface area contributed by atoms with Gasteiger partial charge < -0.3 is 14.2 Å². The molecule has 5 nitrogen and oxygen atoms in total. The van der Waals surface area contributed by atoms with Gasteiger partial charge in [0.15, 0.2) is 10.8 Å². The number of rotatable bonds is 6. The third-order valence-electron chi connectivity index (χ3n) is 3.80. The van der Waals surface area contributed by atoms with Crippen molar-refractivity contribution in [3.8, 4) is 10.8 Å². The van der Waals surface area contributed by atoms with E-state index in [1.807, 2.05) is 48.5 Å². The van der Waals surface area contributed by atoms with E-state index in [2.05, 4.69) is 10.3 Å². The van der Waals surface area contributed by atoms with Crippen molar-refractivity contribution in [2.45, 2.75) is 19.4 Å². The number of amides is 1. The SMILES string of the molecule is O=C(CCc1ccco1)NCc1ccc(-c2nc3ccccc3s2)o1. The zero-order valence-corrected chi connectivity index (χ0v) is 14.2. The maximum atomic E-state index is 11.9. The number of nitrogens with zero attached hydrogens (tertiary/aromatic N) is 1. The van der Waals surface area contributed by atoms with Crippen LogP contribution in [0.15, 0.2) is 63.6 Å². The summed E-state index contributed by atoms with van der Waals surface area (Å²) >= 11 is 1.59. The Hall–Kier alpha value is -2.86. The molecule has 0 fully saturated rings. The summed E-state index contributed by atoms with van der Waals surface area (Å²) in [5.74, 6) is 2.21. The Labute approximate surface area is 148 Å². The predicted molar refractivity (Wildman–Crippen MR) is 96.2 cm³/mol. The highest BCUT2D eigenvalue weighted by molar-refractivity contribution is 7.21. The lowest BCUT2D eigenvalue weighted by Crippen LogP contribution is -2.22. The largest absolute Gasteiger partial charge is 0.469 e. The van der Waals surface area contributed by atoms with Crippen LogP contribution >= 0.6 is 11.3 Å². The van der Waals surface area contributed by atoms with Crippen molar-refractivity contribution in [1.29, 1.82) is 0 Å². The van der Waals surface area contributed by atoms with Crippen LogP contribution in [0.4, 0.5) is 0 Å². The molecule has 1 aromatic carbocycles. The molecule has 0 aliphatic carbocycles. The van der Waals surface area contributed by atoms with Gasteiger partial charge in [0.05, 0.1) is 23.0 Å². The van der Waals surface area contributed by atoms with E-state index in [9.17, 15) is 4.79 Å². The Balaban J connectivity index is 1.35. The van der Waals surface area contributed by atoms with Crippen molar-refractivity contribution in [3.63, 3.8) is 0 Å². The molecule has 1 amide bonds. The number of carbonyl (C=O) groups is 1. The van der Waals surface area contributed by atoms with Crippen molar-refractivity contribution < 1.29 is 13.6 Å². The predicted octanol–water partition coefficient (Wildman–Crippen LogP) is 4.40. The number of aromatic nitrogens is 1. The van der Waals surface area contributed by atoms with E-state index in [1.165, 1.54) is 0 Å². The van der Waals surface area contributed by atoms with Crippen molar-refractivity contribution in [3.05, 3.63) is 66.3 Å². The number of furan rings is 2. The van der Waals surface area contributed by atoms with Gasteiger partial charge in [-0.05, 0) is 36.4 Å². The molecular weight excluding hydrogens is 336 g/mol. The van der Waals surface area contributed by atoms with E-state index in [4.69, 9.17) is 8.83 Å². The van der Waals surface area contributed by atoms with Crippen LogP contribution in [0.5, 0.6) is 0 Å². The average Bonchev–Trinajstić information content (AvgIpc) is 3.38. The molecule has 6 heteroatoms. The lowest BCUT2D eigenvalue weighted by molar-refractivity contribution is -0.121. The van der Waals surface area contributed by atoms with E-state index in [-0.39, 0.29) is 5.91 Å².